The van der Waals surface area contributed by atoms with Gasteiger partial charge in [-0.15, -0.1) is 0 Å². The van der Waals surface area contributed by atoms with Crippen molar-refractivity contribution in [3.63, 3.8) is 0 Å². The van der Waals surface area contributed by atoms with Gasteiger partial charge in [-0.05, 0) is 34.7 Å². The molecule has 0 aliphatic rings. The molecule has 1 aromatic rings. The fourth-order valence-corrected chi connectivity index (χ4v) is 1.81. The van der Waals surface area contributed by atoms with Gasteiger partial charge in [0.1, 0.15) is 11.3 Å². The Morgan fingerprint density at radius 1 is 1.44 bits per heavy atom. The highest BCUT2D eigenvalue weighted by atomic mass is 127. The molecule has 0 aliphatic carbocycles. The number of methoxy groups -OCH3 is 1. The van der Waals surface area contributed by atoms with Crippen molar-refractivity contribution in [3.8, 4) is 5.75 Å². The molecule has 3 nitrogen and oxygen atoms in total. The largest absolute Gasteiger partial charge is 0.495 e. The van der Waals surface area contributed by atoms with E-state index in [1.807, 2.05) is 0 Å². The molecule has 0 unspecified atom stereocenters. The van der Waals surface area contributed by atoms with Gasteiger partial charge in [-0.3, -0.25) is 0 Å². The van der Waals surface area contributed by atoms with Gasteiger partial charge in [-0.2, -0.15) is 13.2 Å². The molecule has 0 saturated carbocycles. The first-order chi connectivity index (χ1) is 7.27. The van der Waals surface area contributed by atoms with Crippen LogP contribution in [0.2, 0.25) is 0 Å². The monoisotopic (exact) mass is 346 g/mol. The van der Waals surface area contributed by atoms with Crippen molar-refractivity contribution in [2.45, 2.75) is 6.18 Å². The van der Waals surface area contributed by atoms with E-state index in [9.17, 15) is 18.0 Å². The van der Waals surface area contributed by atoms with E-state index in [0.29, 0.717) is 0 Å². The summed E-state index contributed by atoms with van der Waals surface area (Å²) in [5, 5.41) is 8.76. The van der Waals surface area contributed by atoms with E-state index in [4.69, 9.17) is 5.11 Å². The summed E-state index contributed by atoms with van der Waals surface area (Å²) in [6, 6.07) is 1.96. The van der Waals surface area contributed by atoms with Gasteiger partial charge in [0.2, 0.25) is 0 Å². The minimum absolute atomic E-state index is 0.183. The molecule has 1 rings (SSSR count). The van der Waals surface area contributed by atoms with Crippen molar-refractivity contribution < 1.29 is 27.8 Å². The summed E-state index contributed by atoms with van der Waals surface area (Å²) in [5.74, 6) is -2.12. The second kappa shape index (κ2) is 4.48. The van der Waals surface area contributed by atoms with Crippen molar-refractivity contribution in [3.05, 3.63) is 26.8 Å². The summed E-state index contributed by atoms with van der Waals surface area (Å²) in [4.78, 5) is 10.8. The van der Waals surface area contributed by atoms with Gasteiger partial charge in [0, 0.05) is 3.57 Å². The summed E-state index contributed by atoms with van der Waals surface area (Å²) in [6.45, 7) is 0. The molecule has 0 amide bonds. The molecular weight excluding hydrogens is 340 g/mol. The van der Waals surface area contributed by atoms with E-state index in [1.165, 1.54) is 0 Å². The third-order valence-electron chi connectivity index (χ3n) is 1.79. The van der Waals surface area contributed by atoms with Crippen molar-refractivity contribution in [1.29, 1.82) is 0 Å². The summed E-state index contributed by atoms with van der Waals surface area (Å²) >= 11 is 1.62. The maximum atomic E-state index is 12.6. The normalized spacial score (nSPS) is 11.3. The van der Waals surface area contributed by atoms with Crippen LogP contribution >= 0.6 is 22.6 Å². The second-order valence-electron chi connectivity index (χ2n) is 2.84. The van der Waals surface area contributed by atoms with Crippen LogP contribution in [0.3, 0.4) is 0 Å². The van der Waals surface area contributed by atoms with E-state index in [2.05, 4.69) is 4.74 Å². The number of ether oxygens (including phenoxy) is 1. The lowest BCUT2D eigenvalue weighted by atomic mass is 10.1. The quantitative estimate of drug-likeness (QED) is 0.838. The molecule has 0 saturated heterocycles. The van der Waals surface area contributed by atoms with Gasteiger partial charge in [0.15, 0.2) is 0 Å². The van der Waals surface area contributed by atoms with Crippen molar-refractivity contribution in [2.75, 3.05) is 7.11 Å². The zero-order valence-corrected chi connectivity index (χ0v) is 10.1. The first-order valence-corrected chi connectivity index (χ1v) is 5.03. The highest BCUT2D eigenvalue weighted by Crippen LogP contribution is 2.39. The summed E-state index contributed by atoms with van der Waals surface area (Å²) in [7, 11) is 1.00. The maximum absolute atomic E-state index is 12.6. The number of alkyl halides is 3. The lowest BCUT2D eigenvalue weighted by molar-refractivity contribution is -0.138. The zero-order chi connectivity index (χ0) is 12.5. The SMILES string of the molecule is COc1c(C(=O)O)cc(I)cc1C(F)(F)F. The standard InChI is InChI=1S/C9H6F3IO3/c1-16-7-5(8(14)15)2-4(13)3-6(7)9(10,11)12/h2-3H,1H3,(H,14,15). The highest BCUT2D eigenvalue weighted by Gasteiger charge is 2.36. The first kappa shape index (κ1) is 13.1. The number of hydrogen-bond donors (Lipinski definition) is 1. The van der Waals surface area contributed by atoms with Gasteiger partial charge in [-0.25, -0.2) is 4.79 Å². The molecule has 0 aliphatic heterocycles. The van der Waals surface area contributed by atoms with Crippen molar-refractivity contribution in [2.24, 2.45) is 0 Å². The predicted octanol–water partition coefficient (Wildman–Crippen LogP) is 3.02. The van der Waals surface area contributed by atoms with Crippen LogP contribution < -0.4 is 4.74 Å². The molecule has 0 bridgehead atoms. The predicted molar refractivity (Wildman–Crippen MR) is 57.7 cm³/mol. The molecule has 0 atom stereocenters. The van der Waals surface area contributed by atoms with Crippen LogP contribution in [-0.2, 0) is 6.18 Å². The lowest BCUT2D eigenvalue weighted by Crippen LogP contribution is -2.12. The molecule has 0 spiro atoms. The van der Waals surface area contributed by atoms with E-state index < -0.39 is 29.0 Å². The number of hydrogen-bond acceptors (Lipinski definition) is 2. The average molecular weight is 346 g/mol. The maximum Gasteiger partial charge on any atom is 0.420 e. The second-order valence-corrected chi connectivity index (χ2v) is 4.08. The van der Waals surface area contributed by atoms with Crippen LogP contribution in [0.5, 0.6) is 5.75 Å². The number of carboxylic acids is 1. The summed E-state index contributed by atoms with van der Waals surface area (Å²) < 4.78 is 42.4. The molecule has 16 heavy (non-hydrogen) atoms. The van der Waals surface area contributed by atoms with Crippen LogP contribution in [0, 0.1) is 3.57 Å². The van der Waals surface area contributed by atoms with Gasteiger partial charge in [0.25, 0.3) is 0 Å². The molecule has 1 aromatic carbocycles. The molecule has 0 heterocycles. The van der Waals surface area contributed by atoms with Crippen LogP contribution in [0.25, 0.3) is 0 Å². The molecule has 0 radical (unpaired) electrons. The molecule has 0 aromatic heterocycles. The Hall–Kier alpha value is -0.990. The molecular formula is C9H6F3IO3. The van der Waals surface area contributed by atoms with Gasteiger partial charge >= 0.3 is 12.1 Å². The minimum Gasteiger partial charge on any atom is -0.495 e. The first-order valence-electron chi connectivity index (χ1n) is 3.95. The Kier molecular flexibility index (Phi) is 3.66. The molecule has 1 N–H and O–H groups in total. The van der Waals surface area contributed by atoms with E-state index in [-0.39, 0.29) is 3.57 Å². The van der Waals surface area contributed by atoms with E-state index in [0.717, 1.165) is 19.2 Å². The van der Waals surface area contributed by atoms with Crippen LogP contribution in [-0.4, -0.2) is 18.2 Å². The van der Waals surface area contributed by atoms with E-state index >= 15 is 0 Å². The number of aromatic carboxylic acids is 1. The minimum atomic E-state index is -4.64. The Morgan fingerprint density at radius 2 is 2.00 bits per heavy atom. The lowest BCUT2D eigenvalue weighted by Gasteiger charge is -2.14. The average Bonchev–Trinajstić information content (AvgIpc) is 2.14. The fourth-order valence-electron chi connectivity index (χ4n) is 1.18. The fraction of sp³-hybridized carbons (Fsp3) is 0.222. The number of rotatable bonds is 2. The third-order valence-corrected chi connectivity index (χ3v) is 2.42. The Morgan fingerprint density at radius 3 is 2.38 bits per heavy atom. The van der Waals surface area contributed by atoms with Crippen LogP contribution in [0.1, 0.15) is 15.9 Å². The zero-order valence-electron chi connectivity index (χ0n) is 7.93. The highest BCUT2D eigenvalue weighted by molar-refractivity contribution is 14.1. The van der Waals surface area contributed by atoms with Gasteiger partial charge in [0.05, 0.1) is 12.7 Å². The number of carbonyl (C=O) groups is 1. The number of benzene rings is 1. The Labute approximate surface area is 102 Å². The van der Waals surface area contributed by atoms with Gasteiger partial charge in [-0.1, -0.05) is 0 Å². The third kappa shape index (κ3) is 2.57. The molecule has 88 valence electrons. The van der Waals surface area contributed by atoms with Crippen LogP contribution in [0.4, 0.5) is 13.2 Å². The van der Waals surface area contributed by atoms with Crippen molar-refractivity contribution >= 4 is 28.6 Å². The summed E-state index contributed by atoms with van der Waals surface area (Å²) in [6.07, 6.45) is -4.64. The topological polar surface area (TPSA) is 46.5 Å². The smallest absolute Gasteiger partial charge is 0.420 e. The van der Waals surface area contributed by atoms with Crippen molar-refractivity contribution in [1.82, 2.24) is 0 Å². The van der Waals surface area contributed by atoms with E-state index in [1.54, 1.807) is 22.6 Å². The molecule has 7 heteroatoms. The molecule has 0 fully saturated rings. The van der Waals surface area contributed by atoms with Crippen LogP contribution in [0.15, 0.2) is 12.1 Å². The van der Waals surface area contributed by atoms with Gasteiger partial charge < -0.3 is 9.84 Å². The number of halogens is 4. The Bertz CT molecular complexity index is 429. The Balaban J connectivity index is 3.55. The number of carboxylic acid groups (broad SMARTS) is 1. The summed E-state index contributed by atoms with van der Waals surface area (Å²) in [5.41, 5.74) is -1.58.